The Morgan fingerprint density at radius 2 is 2.10 bits per heavy atom. The summed E-state index contributed by atoms with van der Waals surface area (Å²) in [5.74, 6) is -0.422. The maximum Gasteiger partial charge on any atom is 0.406 e. The van der Waals surface area contributed by atoms with E-state index in [9.17, 15) is 18.0 Å². The third-order valence-corrected chi connectivity index (χ3v) is 3.56. The summed E-state index contributed by atoms with van der Waals surface area (Å²) in [5, 5.41) is 0. The summed E-state index contributed by atoms with van der Waals surface area (Å²) in [6, 6.07) is 2.75. The number of halogens is 3. The fraction of sp³-hybridized carbons (Fsp3) is 0.571. The molecule has 0 bridgehead atoms. The Hall–Kier alpha value is -1.59. The lowest BCUT2D eigenvalue weighted by Gasteiger charge is -2.30. The van der Waals surface area contributed by atoms with Gasteiger partial charge in [-0.1, -0.05) is 0 Å². The maximum absolute atomic E-state index is 12.7. The lowest BCUT2D eigenvalue weighted by atomic mass is 10.1. The topological polar surface area (TPSA) is 33.2 Å². The minimum atomic E-state index is -4.39. The maximum atomic E-state index is 12.7. The minimum Gasteiger partial charge on any atom is -0.327 e. The van der Waals surface area contributed by atoms with E-state index < -0.39 is 24.7 Å². The highest BCUT2D eigenvalue weighted by Crippen LogP contribution is 2.36. The molecule has 0 radical (unpaired) electrons. The van der Waals surface area contributed by atoms with Crippen molar-refractivity contribution in [3.63, 3.8) is 0 Å². The predicted octanol–water partition coefficient (Wildman–Crippen LogP) is 3.19. The van der Waals surface area contributed by atoms with E-state index >= 15 is 0 Å². The van der Waals surface area contributed by atoms with Gasteiger partial charge in [0.25, 0.3) is 5.91 Å². The van der Waals surface area contributed by atoms with Crippen molar-refractivity contribution in [3.8, 4) is 0 Å². The van der Waals surface area contributed by atoms with E-state index in [0.717, 1.165) is 23.4 Å². The van der Waals surface area contributed by atoms with E-state index in [1.807, 2.05) is 0 Å². The second-order valence-corrected chi connectivity index (χ2v) is 5.31. The summed E-state index contributed by atoms with van der Waals surface area (Å²) in [7, 11) is 0. The van der Waals surface area contributed by atoms with Crippen LogP contribution >= 0.6 is 0 Å². The summed E-state index contributed by atoms with van der Waals surface area (Å²) >= 11 is 0. The van der Waals surface area contributed by atoms with Crippen LogP contribution in [0.2, 0.25) is 0 Å². The van der Waals surface area contributed by atoms with Gasteiger partial charge in [-0.2, -0.15) is 13.2 Å². The van der Waals surface area contributed by atoms with Gasteiger partial charge < -0.3 is 4.90 Å². The zero-order valence-electron chi connectivity index (χ0n) is 11.4. The van der Waals surface area contributed by atoms with Gasteiger partial charge in [0.15, 0.2) is 0 Å². The van der Waals surface area contributed by atoms with Crippen LogP contribution in [0, 0.1) is 12.8 Å². The molecule has 1 saturated carbocycles. The molecule has 1 aromatic heterocycles. The number of pyridine rings is 1. The van der Waals surface area contributed by atoms with Crippen molar-refractivity contribution in [1.29, 1.82) is 0 Å². The second-order valence-electron chi connectivity index (χ2n) is 5.31. The van der Waals surface area contributed by atoms with Crippen LogP contribution in [0.15, 0.2) is 18.3 Å². The normalized spacial score (nSPS) is 16.9. The van der Waals surface area contributed by atoms with Crippen molar-refractivity contribution >= 4 is 5.91 Å². The molecular formula is C14H17F3N2O. The van der Waals surface area contributed by atoms with Crippen LogP contribution in [0.1, 0.15) is 35.8 Å². The fourth-order valence-electron chi connectivity index (χ4n) is 2.19. The van der Waals surface area contributed by atoms with E-state index in [1.54, 1.807) is 19.9 Å². The first-order valence-electron chi connectivity index (χ1n) is 6.58. The Morgan fingerprint density at radius 1 is 1.45 bits per heavy atom. The third kappa shape index (κ3) is 3.71. The van der Waals surface area contributed by atoms with E-state index in [2.05, 4.69) is 4.98 Å². The van der Waals surface area contributed by atoms with Crippen molar-refractivity contribution in [2.75, 3.05) is 6.54 Å². The summed E-state index contributed by atoms with van der Waals surface area (Å²) in [4.78, 5) is 17.2. The Bertz CT molecular complexity index is 480. The predicted molar refractivity (Wildman–Crippen MR) is 68.3 cm³/mol. The summed E-state index contributed by atoms with van der Waals surface area (Å²) < 4.78 is 38.0. The van der Waals surface area contributed by atoms with Crippen LogP contribution in [-0.2, 0) is 0 Å². The molecule has 0 spiro atoms. The standard InChI is InChI=1S/C14H17F3N2O/c1-9-3-4-12(7-18-9)13(20)19(8-14(15,16)17)10(2)11-5-6-11/h3-4,7,10-11H,5-6,8H2,1-2H3/t10-/m0/s1. The average Bonchev–Trinajstić information content (AvgIpc) is 3.18. The monoisotopic (exact) mass is 286 g/mol. The number of aryl methyl sites for hydroxylation is 1. The highest BCUT2D eigenvalue weighted by atomic mass is 19.4. The van der Waals surface area contributed by atoms with Gasteiger partial charge in [-0.3, -0.25) is 9.78 Å². The van der Waals surface area contributed by atoms with Gasteiger partial charge in [-0.05, 0) is 44.7 Å². The molecule has 110 valence electrons. The summed E-state index contributed by atoms with van der Waals surface area (Å²) in [6.07, 6.45) is -1.29. The molecular weight excluding hydrogens is 269 g/mol. The molecule has 1 fully saturated rings. The molecule has 0 aromatic carbocycles. The van der Waals surface area contributed by atoms with Crippen molar-refractivity contribution in [1.82, 2.24) is 9.88 Å². The number of alkyl halides is 3. The molecule has 1 aliphatic carbocycles. The molecule has 0 N–H and O–H groups in total. The molecule has 2 rings (SSSR count). The number of nitrogens with zero attached hydrogens (tertiary/aromatic N) is 2. The van der Waals surface area contributed by atoms with Gasteiger partial charge >= 0.3 is 6.18 Å². The van der Waals surface area contributed by atoms with Gasteiger partial charge in [0.05, 0.1) is 5.56 Å². The molecule has 6 heteroatoms. The number of amides is 1. The molecule has 20 heavy (non-hydrogen) atoms. The number of hydrogen-bond acceptors (Lipinski definition) is 2. The molecule has 1 aromatic rings. The smallest absolute Gasteiger partial charge is 0.327 e. The highest BCUT2D eigenvalue weighted by molar-refractivity contribution is 5.94. The van der Waals surface area contributed by atoms with E-state index in [1.165, 1.54) is 12.3 Å². The Labute approximate surface area is 115 Å². The van der Waals surface area contributed by atoms with Crippen LogP contribution in [0.25, 0.3) is 0 Å². The van der Waals surface area contributed by atoms with Gasteiger partial charge in [-0.15, -0.1) is 0 Å². The van der Waals surface area contributed by atoms with Gasteiger partial charge in [0, 0.05) is 17.9 Å². The van der Waals surface area contributed by atoms with Crippen molar-refractivity contribution < 1.29 is 18.0 Å². The van der Waals surface area contributed by atoms with Crippen molar-refractivity contribution in [2.45, 2.75) is 38.9 Å². The molecule has 0 saturated heterocycles. The lowest BCUT2D eigenvalue weighted by molar-refractivity contribution is -0.144. The van der Waals surface area contributed by atoms with Crippen LogP contribution in [0.3, 0.4) is 0 Å². The fourth-order valence-corrected chi connectivity index (χ4v) is 2.19. The zero-order chi connectivity index (χ0) is 14.9. The highest BCUT2D eigenvalue weighted by Gasteiger charge is 2.40. The van der Waals surface area contributed by atoms with E-state index in [0.29, 0.717) is 0 Å². The minimum absolute atomic E-state index is 0.180. The first-order chi connectivity index (χ1) is 9.28. The van der Waals surface area contributed by atoms with Crippen LogP contribution in [-0.4, -0.2) is 34.6 Å². The number of carbonyl (C=O) groups is 1. The molecule has 1 amide bonds. The van der Waals surface area contributed by atoms with E-state index in [4.69, 9.17) is 0 Å². The molecule has 0 aliphatic heterocycles. The molecule has 1 heterocycles. The van der Waals surface area contributed by atoms with Crippen LogP contribution in [0.4, 0.5) is 13.2 Å². The van der Waals surface area contributed by atoms with Crippen LogP contribution < -0.4 is 0 Å². The quantitative estimate of drug-likeness (QED) is 0.851. The first-order valence-corrected chi connectivity index (χ1v) is 6.58. The summed E-state index contributed by atoms with van der Waals surface area (Å²) in [6.45, 7) is 2.23. The van der Waals surface area contributed by atoms with Gasteiger partial charge in [-0.25, -0.2) is 0 Å². The molecule has 3 nitrogen and oxygen atoms in total. The number of carbonyl (C=O) groups excluding carboxylic acids is 1. The molecule has 1 aliphatic rings. The Kier molecular flexibility index (Phi) is 4.01. The van der Waals surface area contributed by atoms with Crippen molar-refractivity contribution in [2.24, 2.45) is 5.92 Å². The molecule has 1 atom stereocenters. The molecule has 0 unspecified atom stereocenters. The SMILES string of the molecule is Cc1ccc(C(=O)N(CC(F)(F)F)[C@@H](C)C2CC2)cn1. The summed E-state index contributed by atoms with van der Waals surface area (Å²) in [5.41, 5.74) is 0.923. The van der Waals surface area contributed by atoms with E-state index in [-0.39, 0.29) is 11.5 Å². The average molecular weight is 286 g/mol. The Morgan fingerprint density at radius 3 is 2.55 bits per heavy atom. The Balaban J connectivity index is 2.20. The van der Waals surface area contributed by atoms with Crippen molar-refractivity contribution in [3.05, 3.63) is 29.6 Å². The van der Waals surface area contributed by atoms with Gasteiger partial charge in [0.2, 0.25) is 0 Å². The largest absolute Gasteiger partial charge is 0.406 e. The van der Waals surface area contributed by atoms with Gasteiger partial charge in [0.1, 0.15) is 6.54 Å². The second kappa shape index (κ2) is 5.42. The number of aromatic nitrogens is 1. The third-order valence-electron chi connectivity index (χ3n) is 3.56. The number of rotatable bonds is 4. The first kappa shape index (κ1) is 14.8. The number of hydrogen-bond donors (Lipinski definition) is 0. The van der Waals surface area contributed by atoms with Crippen LogP contribution in [0.5, 0.6) is 0 Å². The lowest BCUT2D eigenvalue weighted by Crippen LogP contribution is -2.45. The zero-order valence-corrected chi connectivity index (χ0v) is 11.4.